The van der Waals surface area contributed by atoms with E-state index in [0.717, 1.165) is 23.3 Å². The fourth-order valence-corrected chi connectivity index (χ4v) is 2.35. The van der Waals surface area contributed by atoms with Gasteiger partial charge in [0.25, 0.3) is 5.91 Å². The third kappa shape index (κ3) is 4.03. The first kappa shape index (κ1) is 17.5. The minimum absolute atomic E-state index is 0.226. The van der Waals surface area contributed by atoms with E-state index in [9.17, 15) is 13.6 Å². The second-order valence-corrected chi connectivity index (χ2v) is 5.94. The van der Waals surface area contributed by atoms with Crippen LogP contribution in [0, 0.1) is 25.5 Å². The van der Waals surface area contributed by atoms with Crippen LogP contribution in [-0.4, -0.2) is 10.9 Å². The average Bonchev–Trinajstić information content (AvgIpc) is 2.62. The number of pyridine rings is 1. The van der Waals surface area contributed by atoms with Crippen molar-refractivity contribution in [2.75, 3.05) is 10.6 Å². The number of carbonyl (C=O) groups excluding carboxylic acids is 1. The fourth-order valence-electron chi connectivity index (χ4n) is 2.35. The zero-order valence-corrected chi connectivity index (χ0v) is 14.3. The molecule has 0 aliphatic rings. The highest BCUT2D eigenvalue weighted by atomic mass is 19.2. The number of carbonyl (C=O) groups is 1. The summed E-state index contributed by atoms with van der Waals surface area (Å²) in [6.07, 6.45) is 1.49. The SMILES string of the molecule is Cc1ccc(C(=O)Nc2ccc(Nc3ccc(F)c(F)c3)nc2)cc1C. The lowest BCUT2D eigenvalue weighted by atomic mass is 10.1. The lowest BCUT2D eigenvalue weighted by Gasteiger charge is -2.09. The van der Waals surface area contributed by atoms with Crippen LogP contribution >= 0.6 is 0 Å². The van der Waals surface area contributed by atoms with Crippen molar-refractivity contribution in [2.45, 2.75) is 13.8 Å². The smallest absolute Gasteiger partial charge is 0.255 e. The van der Waals surface area contributed by atoms with Crippen molar-refractivity contribution in [3.8, 4) is 0 Å². The summed E-state index contributed by atoms with van der Waals surface area (Å²) in [6, 6.07) is 12.3. The summed E-state index contributed by atoms with van der Waals surface area (Å²) in [5.41, 5.74) is 3.64. The number of amides is 1. The van der Waals surface area contributed by atoms with Crippen LogP contribution in [0.25, 0.3) is 0 Å². The van der Waals surface area contributed by atoms with Crippen molar-refractivity contribution in [1.29, 1.82) is 0 Å². The van der Waals surface area contributed by atoms with Gasteiger partial charge in [0.1, 0.15) is 5.82 Å². The van der Waals surface area contributed by atoms with Crippen LogP contribution in [0.2, 0.25) is 0 Å². The van der Waals surface area contributed by atoms with E-state index in [4.69, 9.17) is 0 Å². The normalized spacial score (nSPS) is 10.5. The molecule has 4 nitrogen and oxygen atoms in total. The van der Waals surface area contributed by atoms with E-state index in [0.29, 0.717) is 22.8 Å². The number of benzene rings is 2. The third-order valence-corrected chi connectivity index (χ3v) is 3.98. The summed E-state index contributed by atoms with van der Waals surface area (Å²) in [5.74, 6) is -1.63. The molecular weight excluding hydrogens is 336 g/mol. The molecule has 0 bridgehead atoms. The lowest BCUT2D eigenvalue weighted by Crippen LogP contribution is -2.12. The second-order valence-electron chi connectivity index (χ2n) is 5.94. The number of aryl methyl sites for hydroxylation is 2. The van der Waals surface area contributed by atoms with Gasteiger partial charge >= 0.3 is 0 Å². The maximum atomic E-state index is 13.2. The molecule has 1 aromatic heterocycles. The van der Waals surface area contributed by atoms with Gasteiger partial charge in [-0.15, -0.1) is 0 Å². The molecule has 0 aliphatic carbocycles. The summed E-state index contributed by atoms with van der Waals surface area (Å²) < 4.78 is 26.2. The Bertz CT molecular complexity index is 956. The second kappa shape index (κ2) is 7.31. The topological polar surface area (TPSA) is 54.0 Å². The van der Waals surface area contributed by atoms with E-state index in [2.05, 4.69) is 15.6 Å². The van der Waals surface area contributed by atoms with Gasteiger partial charge in [-0.3, -0.25) is 4.79 Å². The fraction of sp³-hybridized carbons (Fsp3) is 0.100. The quantitative estimate of drug-likeness (QED) is 0.696. The molecule has 2 N–H and O–H groups in total. The summed E-state index contributed by atoms with van der Waals surface area (Å²) in [5, 5.41) is 5.64. The lowest BCUT2D eigenvalue weighted by molar-refractivity contribution is 0.102. The third-order valence-electron chi connectivity index (χ3n) is 3.98. The van der Waals surface area contributed by atoms with Gasteiger partial charge in [0.2, 0.25) is 0 Å². The number of hydrogen-bond acceptors (Lipinski definition) is 3. The van der Waals surface area contributed by atoms with Crippen LogP contribution in [0.5, 0.6) is 0 Å². The molecule has 0 radical (unpaired) electrons. The van der Waals surface area contributed by atoms with E-state index in [1.54, 1.807) is 18.2 Å². The molecule has 6 heteroatoms. The number of nitrogens with zero attached hydrogens (tertiary/aromatic N) is 1. The van der Waals surface area contributed by atoms with Gasteiger partial charge in [-0.1, -0.05) is 6.07 Å². The van der Waals surface area contributed by atoms with E-state index in [-0.39, 0.29) is 5.91 Å². The highest BCUT2D eigenvalue weighted by Gasteiger charge is 2.08. The Hall–Kier alpha value is -3.28. The Morgan fingerprint density at radius 2 is 1.65 bits per heavy atom. The summed E-state index contributed by atoms with van der Waals surface area (Å²) in [7, 11) is 0. The van der Waals surface area contributed by atoms with E-state index >= 15 is 0 Å². The van der Waals surface area contributed by atoms with E-state index < -0.39 is 11.6 Å². The Labute approximate surface area is 149 Å². The predicted molar refractivity (Wildman–Crippen MR) is 97.7 cm³/mol. The Balaban J connectivity index is 1.68. The largest absolute Gasteiger partial charge is 0.340 e. The highest BCUT2D eigenvalue weighted by Crippen LogP contribution is 2.19. The number of aromatic nitrogens is 1. The molecule has 3 rings (SSSR count). The van der Waals surface area contributed by atoms with Crippen molar-refractivity contribution < 1.29 is 13.6 Å². The van der Waals surface area contributed by atoms with Crippen molar-refractivity contribution >= 4 is 23.1 Å². The number of nitrogens with one attached hydrogen (secondary N) is 2. The minimum atomic E-state index is -0.938. The average molecular weight is 353 g/mol. The number of hydrogen-bond donors (Lipinski definition) is 2. The molecular formula is C20H17F2N3O. The van der Waals surface area contributed by atoms with Gasteiger partial charge < -0.3 is 10.6 Å². The summed E-state index contributed by atoms with van der Waals surface area (Å²) in [4.78, 5) is 16.5. The van der Waals surface area contributed by atoms with Gasteiger partial charge in [0.05, 0.1) is 11.9 Å². The van der Waals surface area contributed by atoms with Crippen LogP contribution in [0.4, 0.5) is 26.0 Å². The summed E-state index contributed by atoms with van der Waals surface area (Å²) in [6.45, 7) is 3.94. The molecule has 0 atom stereocenters. The molecule has 0 fully saturated rings. The van der Waals surface area contributed by atoms with Gasteiger partial charge in [0.15, 0.2) is 11.6 Å². The molecule has 0 spiro atoms. The minimum Gasteiger partial charge on any atom is -0.340 e. The first-order valence-electron chi connectivity index (χ1n) is 7.99. The molecule has 1 heterocycles. The van der Waals surface area contributed by atoms with Gasteiger partial charge in [-0.05, 0) is 61.4 Å². The van der Waals surface area contributed by atoms with Gasteiger partial charge in [0, 0.05) is 17.3 Å². The van der Waals surface area contributed by atoms with E-state index in [1.165, 1.54) is 12.3 Å². The Morgan fingerprint density at radius 3 is 2.31 bits per heavy atom. The number of halogens is 2. The van der Waals surface area contributed by atoms with Crippen LogP contribution in [0.15, 0.2) is 54.7 Å². The molecule has 0 aliphatic heterocycles. The monoisotopic (exact) mass is 353 g/mol. The predicted octanol–water partition coefficient (Wildman–Crippen LogP) is 4.97. The highest BCUT2D eigenvalue weighted by molar-refractivity contribution is 6.04. The summed E-state index contributed by atoms with van der Waals surface area (Å²) >= 11 is 0. The number of rotatable bonds is 4. The Kier molecular flexibility index (Phi) is 4.93. The van der Waals surface area contributed by atoms with Crippen molar-refractivity contribution in [1.82, 2.24) is 4.98 Å². The first-order valence-corrected chi connectivity index (χ1v) is 7.99. The molecule has 2 aromatic carbocycles. The molecule has 26 heavy (non-hydrogen) atoms. The maximum Gasteiger partial charge on any atom is 0.255 e. The Morgan fingerprint density at radius 1 is 0.885 bits per heavy atom. The maximum absolute atomic E-state index is 13.2. The first-order chi connectivity index (χ1) is 12.4. The van der Waals surface area contributed by atoms with Crippen LogP contribution in [-0.2, 0) is 0 Å². The number of anilines is 3. The zero-order chi connectivity index (χ0) is 18.7. The standard InChI is InChI=1S/C20H17F2N3O/c1-12-3-4-14(9-13(12)2)20(26)25-16-6-8-19(23-11-16)24-15-5-7-17(21)18(22)10-15/h3-11H,1-2H3,(H,23,24)(H,25,26). The molecule has 132 valence electrons. The molecule has 0 saturated heterocycles. The van der Waals surface area contributed by atoms with Crippen LogP contribution < -0.4 is 10.6 Å². The van der Waals surface area contributed by atoms with Crippen LogP contribution in [0.3, 0.4) is 0 Å². The van der Waals surface area contributed by atoms with Crippen molar-refractivity contribution in [3.05, 3.63) is 83.1 Å². The van der Waals surface area contributed by atoms with Crippen LogP contribution in [0.1, 0.15) is 21.5 Å². The molecule has 1 amide bonds. The zero-order valence-electron chi connectivity index (χ0n) is 14.3. The van der Waals surface area contributed by atoms with Crippen molar-refractivity contribution in [3.63, 3.8) is 0 Å². The van der Waals surface area contributed by atoms with Gasteiger partial charge in [-0.25, -0.2) is 13.8 Å². The molecule has 3 aromatic rings. The van der Waals surface area contributed by atoms with Crippen molar-refractivity contribution in [2.24, 2.45) is 0 Å². The van der Waals surface area contributed by atoms with Gasteiger partial charge in [-0.2, -0.15) is 0 Å². The molecule has 0 saturated carbocycles. The van der Waals surface area contributed by atoms with E-state index in [1.807, 2.05) is 26.0 Å². The molecule has 0 unspecified atom stereocenters.